The summed E-state index contributed by atoms with van der Waals surface area (Å²) in [6, 6.07) is 22.3. The van der Waals surface area contributed by atoms with E-state index in [1.165, 1.54) is 5.56 Å². The lowest BCUT2D eigenvalue weighted by molar-refractivity contribution is 0.925. The summed E-state index contributed by atoms with van der Waals surface area (Å²) in [5, 5.41) is 19.9. The van der Waals surface area contributed by atoms with Gasteiger partial charge in [0.15, 0.2) is 11.5 Å². The second-order valence-corrected chi connectivity index (χ2v) is 6.36. The highest BCUT2D eigenvalue weighted by atomic mass is 15.4. The number of fused-ring (bicyclic) bond motifs is 1. The summed E-state index contributed by atoms with van der Waals surface area (Å²) in [6.45, 7) is 3.85. The van der Waals surface area contributed by atoms with Crippen molar-refractivity contribution in [2.75, 3.05) is 17.2 Å². The van der Waals surface area contributed by atoms with Crippen LogP contribution < -0.4 is 10.6 Å². The molecule has 136 valence electrons. The molecule has 2 N–H and O–H groups in total. The van der Waals surface area contributed by atoms with Crippen LogP contribution in [0.3, 0.4) is 0 Å². The third-order valence-corrected chi connectivity index (χ3v) is 4.30. The molecular formula is C21H22N6. The van der Waals surface area contributed by atoms with Gasteiger partial charge < -0.3 is 10.6 Å². The second kappa shape index (κ2) is 7.86. The van der Waals surface area contributed by atoms with Gasteiger partial charge in [-0.15, -0.1) is 15.3 Å². The van der Waals surface area contributed by atoms with Crippen LogP contribution in [0.1, 0.15) is 18.9 Å². The molecular weight excluding hydrogens is 336 g/mol. The second-order valence-electron chi connectivity index (χ2n) is 6.36. The first-order chi connectivity index (χ1) is 13.3. The summed E-state index contributed by atoms with van der Waals surface area (Å²) in [6.07, 6.45) is 1.12. The molecule has 0 aliphatic carbocycles. The highest BCUT2D eigenvalue weighted by Crippen LogP contribution is 2.18. The van der Waals surface area contributed by atoms with E-state index in [0.717, 1.165) is 41.5 Å². The molecule has 0 amide bonds. The van der Waals surface area contributed by atoms with Crippen LogP contribution >= 0.6 is 0 Å². The number of aromatic nitrogens is 4. The van der Waals surface area contributed by atoms with Crippen LogP contribution in [-0.2, 0) is 6.54 Å². The highest BCUT2D eigenvalue weighted by Gasteiger charge is 2.09. The van der Waals surface area contributed by atoms with Crippen molar-refractivity contribution >= 4 is 17.2 Å². The fourth-order valence-electron chi connectivity index (χ4n) is 2.85. The molecule has 27 heavy (non-hydrogen) atoms. The minimum Gasteiger partial charge on any atom is -0.385 e. The molecule has 0 bridgehead atoms. The van der Waals surface area contributed by atoms with Gasteiger partial charge in [-0.05, 0) is 36.2 Å². The maximum absolute atomic E-state index is 4.65. The lowest BCUT2D eigenvalue weighted by atomic mass is 10.2. The topological polar surface area (TPSA) is 67.1 Å². The van der Waals surface area contributed by atoms with Crippen LogP contribution in [0.25, 0.3) is 17.0 Å². The molecule has 0 radical (unpaired) electrons. The predicted molar refractivity (Wildman–Crippen MR) is 109 cm³/mol. The Morgan fingerprint density at radius 2 is 1.67 bits per heavy atom. The van der Waals surface area contributed by atoms with Crippen molar-refractivity contribution in [1.82, 2.24) is 19.8 Å². The summed E-state index contributed by atoms with van der Waals surface area (Å²) in [4.78, 5) is 0. The van der Waals surface area contributed by atoms with Gasteiger partial charge in [0.2, 0.25) is 0 Å². The highest BCUT2D eigenvalue weighted by molar-refractivity contribution is 5.59. The Morgan fingerprint density at radius 3 is 2.44 bits per heavy atom. The third-order valence-electron chi connectivity index (χ3n) is 4.30. The van der Waals surface area contributed by atoms with Gasteiger partial charge in [0.05, 0.1) is 0 Å². The average Bonchev–Trinajstić information content (AvgIpc) is 3.15. The van der Waals surface area contributed by atoms with E-state index in [-0.39, 0.29) is 0 Å². The number of nitrogens with zero attached hydrogens (tertiary/aromatic N) is 4. The minimum atomic E-state index is 0.704. The maximum atomic E-state index is 4.65. The quantitative estimate of drug-likeness (QED) is 0.518. The normalized spacial score (nSPS) is 10.9. The van der Waals surface area contributed by atoms with Crippen molar-refractivity contribution < 1.29 is 0 Å². The van der Waals surface area contributed by atoms with Gasteiger partial charge in [-0.1, -0.05) is 49.4 Å². The maximum Gasteiger partial charge on any atom is 0.185 e. The summed E-state index contributed by atoms with van der Waals surface area (Å²) in [7, 11) is 0. The van der Waals surface area contributed by atoms with Crippen LogP contribution in [0, 0.1) is 0 Å². The van der Waals surface area contributed by atoms with Gasteiger partial charge in [-0.2, -0.15) is 4.52 Å². The zero-order valence-electron chi connectivity index (χ0n) is 15.3. The van der Waals surface area contributed by atoms with E-state index in [2.05, 4.69) is 57.1 Å². The molecule has 0 aliphatic heterocycles. The van der Waals surface area contributed by atoms with E-state index in [1.807, 2.05) is 42.5 Å². The van der Waals surface area contributed by atoms with Gasteiger partial charge in [-0.3, -0.25) is 0 Å². The van der Waals surface area contributed by atoms with Gasteiger partial charge in [-0.25, -0.2) is 0 Å². The predicted octanol–water partition coefficient (Wildman–Crippen LogP) is 4.23. The van der Waals surface area contributed by atoms with Crippen LogP contribution in [0.4, 0.5) is 11.5 Å². The summed E-state index contributed by atoms with van der Waals surface area (Å²) in [5.74, 6) is 1.52. The smallest absolute Gasteiger partial charge is 0.185 e. The van der Waals surface area contributed by atoms with E-state index < -0.39 is 0 Å². The molecule has 0 unspecified atom stereocenters. The van der Waals surface area contributed by atoms with Crippen LogP contribution in [0.5, 0.6) is 0 Å². The molecule has 2 aromatic heterocycles. The Morgan fingerprint density at radius 1 is 0.852 bits per heavy atom. The van der Waals surface area contributed by atoms with Crippen LogP contribution in [0.2, 0.25) is 0 Å². The van der Waals surface area contributed by atoms with Crippen molar-refractivity contribution in [3.8, 4) is 11.4 Å². The standard InChI is InChI=1S/C21H22N6/c1-2-14-22-18-10-8-16(9-11-18)15-23-19-12-13-20-24-25-21(27(20)26-19)17-6-4-3-5-7-17/h3-13,22H,2,14-15H2,1H3,(H,23,26). The number of hydrogen-bond acceptors (Lipinski definition) is 5. The summed E-state index contributed by atoms with van der Waals surface area (Å²) < 4.78 is 1.77. The summed E-state index contributed by atoms with van der Waals surface area (Å²) in [5.41, 5.74) is 4.07. The lowest BCUT2D eigenvalue weighted by Gasteiger charge is -2.08. The van der Waals surface area contributed by atoms with Gasteiger partial charge in [0, 0.05) is 24.3 Å². The Kier molecular flexibility index (Phi) is 4.96. The summed E-state index contributed by atoms with van der Waals surface area (Å²) >= 11 is 0. The number of benzene rings is 2. The molecule has 0 aliphatic rings. The van der Waals surface area contributed by atoms with Crippen molar-refractivity contribution in [1.29, 1.82) is 0 Å². The van der Waals surface area contributed by atoms with E-state index >= 15 is 0 Å². The Bertz CT molecular complexity index is 1010. The number of rotatable bonds is 7. The van der Waals surface area contributed by atoms with Crippen molar-refractivity contribution in [3.05, 3.63) is 72.3 Å². The van der Waals surface area contributed by atoms with E-state index in [4.69, 9.17) is 0 Å². The van der Waals surface area contributed by atoms with Crippen molar-refractivity contribution in [3.63, 3.8) is 0 Å². The first-order valence-electron chi connectivity index (χ1n) is 9.18. The molecule has 6 nitrogen and oxygen atoms in total. The molecule has 0 fully saturated rings. The first-order valence-corrected chi connectivity index (χ1v) is 9.18. The Balaban J connectivity index is 1.49. The Hall–Kier alpha value is -3.41. The molecule has 2 heterocycles. The molecule has 4 rings (SSSR count). The lowest BCUT2D eigenvalue weighted by Crippen LogP contribution is -2.05. The molecule has 0 spiro atoms. The molecule has 0 atom stereocenters. The largest absolute Gasteiger partial charge is 0.385 e. The molecule has 4 aromatic rings. The zero-order valence-corrected chi connectivity index (χ0v) is 15.3. The minimum absolute atomic E-state index is 0.704. The molecule has 0 saturated carbocycles. The fourth-order valence-corrected chi connectivity index (χ4v) is 2.85. The molecule has 6 heteroatoms. The van der Waals surface area contributed by atoms with Gasteiger partial charge in [0.1, 0.15) is 5.82 Å². The van der Waals surface area contributed by atoms with Crippen molar-refractivity contribution in [2.24, 2.45) is 0 Å². The SMILES string of the molecule is CCCNc1ccc(CNc2ccc3nnc(-c4ccccc4)n3n2)cc1. The van der Waals surface area contributed by atoms with E-state index in [1.54, 1.807) is 4.52 Å². The molecule has 2 aromatic carbocycles. The van der Waals surface area contributed by atoms with E-state index in [0.29, 0.717) is 6.54 Å². The van der Waals surface area contributed by atoms with Crippen molar-refractivity contribution in [2.45, 2.75) is 19.9 Å². The number of nitrogens with one attached hydrogen (secondary N) is 2. The van der Waals surface area contributed by atoms with Crippen LogP contribution in [0.15, 0.2) is 66.7 Å². The number of hydrogen-bond donors (Lipinski definition) is 2. The molecule has 0 saturated heterocycles. The monoisotopic (exact) mass is 358 g/mol. The zero-order chi connectivity index (χ0) is 18.5. The Labute approximate surface area is 158 Å². The van der Waals surface area contributed by atoms with Crippen LogP contribution in [-0.4, -0.2) is 26.4 Å². The third kappa shape index (κ3) is 3.89. The van der Waals surface area contributed by atoms with Gasteiger partial charge >= 0.3 is 0 Å². The number of anilines is 2. The first kappa shape index (κ1) is 17.0. The fraction of sp³-hybridized carbons (Fsp3) is 0.190. The van der Waals surface area contributed by atoms with E-state index in [9.17, 15) is 0 Å². The average molecular weight is 358 g/mol. The van der Waals surface area contributed by atoms with Gasteiger partial charge in [0.25, 0.3) is 0 Å².